The molecule has 4 nitrogen and oxygen atoms in total. The average Bonchev–Trinajstić information content (AvgIpc) is 2.34. The van der Waals surface area contributed by atoms with Gasteiger partial charge in [0.1, 0.15) is 13.8 Å². The third kappa shape index (κ3) is 1.60. The highest BCUT2D eigenvalue weighted by molar-refractivity contribution is 6.16. The lowest BCUT2D eigenvalue weighted by atomic mass is 9.85. The fourth-order valence-electron chi connectivity index (χ4n) is 1.01. The van der Waals surface area contributed by atoms with Gasteiger partial charge in [-0.1, -0.05) is 0 Å². The van der Waals surface area contributed by atoms with Gasteiger partial charge in [-0.25, -0.2) is 0 Å². The molecule has 2 unspecified atom stereocenters. The fourth-order valence-corrected chi connectivity index (χ4v) is 1.01. The second-order valence-electron chi connectivity index (χ2n) is 2.61. The number of hydrazone groups is 1. The molecular weight excluding hydrogens is 155 g/mol. The van der Waals surface area contributed by atoms with Gasteiger partial charge >= 0.3 is 5.97 Å². The Morgan fingerprint density at radius 3 is 2.92 bits per heavy atom. The Morgan fingerprint density at radius 2 is 2.50 bits per heavy atom. The molecule has 1 rings (SSSR count). The number of nitrogens with zero attached hydrogens (tertiary/aromatic N) is 2. The summed E-state index contributed by atoms with van der Waals surface area (Å²) in [6.07, 6.45) is 1.52. The van der Waals surface area contributed by atoms with E-state index in [1.54, 1.807) is 19.0 Å². The van der Waals surface area contributed by atoms with Crippen LogP contribution in [0.15, 0.2) is 5.10 Å². The molecule has 0 N–H and O–H groups in total. The van der Waals surface area contributed by atoms with Gasteiger partial charge in [-0.05, 0) is 6.92 Å². The van der Waals surface area contributed by atoms with Crippen molar-refractivity contribution in [2.45, 2.75) is 12.9 Å². The van der Waals surface area contributed by atoms with Crippen molar-refractivity contribution in [1.29, 1.82) is 0 Å². The molecule has 0 aromatic heterocycles. The van der Waals surface area contributed by atoms with Crippen LogP contribution in [0.25, 0.3) is 0 Å². The van der Waals surface area contributed by atoms with Crippen molar-refractivity contribution in [1.82, 2.24) is 5.01 Å². The second-order valence-corrected chi connectivity index (χ2v) is 2.61. The van der Waals surface area contributed by atoms with E-state index in [1.165, 1.54) is 6.21 Å². The summed E-state index contributed by atoms with van der Waals surface area (Å²) >= 11 is 0. The van der Waals surface area contributed by atoms with Crippen molar-refractivity contribution >= 4 is 20.0 Å². The minimum absolute atomic E-state index is 0.307. The highest BCUT2D eigenvalue weighted by atomic mass is 16.5. The Bertz CT molecular complexity index is 208. The van der Waals surface area contributed by atoms with Gasteiger partial charge in [-0.3, -0.25) is 4.79 Å². The highest BCUT2D eigenvalue weighted by Crippen LogP contribution is 2.13. The zero-order chi connectivity index (χ0) is 9.14. The van der Waals surface area contributed by atoms with Crippen molar-refractivity contribution < 1.29 is 9.53 Å². The summed E-state index contributed by atoms with van der Waals surface area (Å²) in [6, 6.07) is 0. The molecule has 2 radical (unpaired) electrons. The average molecular weight is 166 g/mol. The predicted molar refractivity (Wildman–Crippen MR) is 45.9 cm³/mol. The minimum atomic E-state index is -0.421. The summed E-state index contributed by atoms with van der Waals surface area (Å²) in [5.74, 6) is -1.11. The second kappa shape index (κ2) is 3.60. The molecule has 0 spiro atoms. The van der Waals surface area contributed by atoms with E-state index in [9.17, 15) is 4.79 Å². The fraction of sp³-hybridized carbons (Fsp3) is 0.714. The van der Waals surface area contributed by atoms with E-state index in [-0.39, 0.29) is 11.9 Å². The van der Waals surface area contributed by atoms with Crippen molar-refractivity contribution in [2.75, 3.05) is 13.7 Å². The van der Waals surface area contributed by atoms with E-state index < -0.39 is 5.92 Å². The zero-order valence-corrected chi connectivity index (χ0v) is 7.23. The molecule has 12 heavy (non-hydrogen) atoms. The summed E-state index contributed by atoms with van der Waals surface area (Å²) in [4.78, 5) is 11.2. The molecule has 0 saturated carbocycles. The highest BCUT2D eigenvalue weighted by Gasteiger charge is 2.30. The van der Waals surface area contributed by atoms with Crippen molar-refractivity contribution in [2.24, 2.45) is 11.0 Å². The third-order valence-electron chi connectivity index (χ3n) is 1.77. The Hall–Kier alpha value is -0.995. The summed E-state index contributed by atoms with van der Waals surface area (Å²) in [6.45, 7) is 2.14. The number of hydrogen-bond donors (Lipinski definition) is 0. The largest absolute Gasteiger partial charge is 0.465 e. The normalized spacial score (nSPS) is 27.7. The van der Waals surface area contributed by atoms with Crippen LogP contribution in [0.1, 0.15) is 6.92 Å². The first-order valence-corrected chi connectivity index (χ1v) is 3.86. The van der Waals surface area contributed by atoms with Crippen molar-refractivity contribution in [3.05, 3.63) is 0 Å². The number of ether oxygens (including phenoxy) is 1. The molecule has 2 atom stereocenters. The van der Waals surface area contributed by atoms with Gasteiger partial charge < -0.3 is 9.75 Å². The first-order chi connectivity index (χ1) is 5.66. The zero-order valence-electron chi connectivity index (χ0n) is 7.23. The van der Waals surface area contributed by atoms with Gasteiger partial charge in [0.05, 0.1) is 6.61 Å². The summed E-state index contributed by atoms with van der Waals surface area (Å²) in [7, 11) is 7.38. The maximum Gasteiger partial charge on any atom is 0.315 e. The van der Waals surface area contributed by atoms with E-state index >= 15 is 0 Å². The molecule has 1 aliphatic rings. The van der Waals surface area contributed by atoms with Crippen molar-refractivity contribution in [3.63, 3.8) is 0 Å². The van der Waals surface area contributed by atoms with Gasteiger partial charge in [-0.15, -0.1) is 0 Å². The lowest BCUT2D eigenvalue weighted by Gasteiger charge is -2.18. The SMILES string of the molecule is [B]C1C(C(=O)OCC)C=NN1C. The van der Waals surface area contributed by atoms with Gasteiger partial charge in [-0.2, -0.15) is 5.10 Å². The van der Waals surface area contributed by atoms with Crippen LogP contribution < -0.4 is 0 Å². The third-order valence-corrected chi connectivity index (χ3v) is 1.77. The lowest BCUT2D eigenvalue weighted by Crippen LogP contribution is -2.35. The monoisotopic (exact) mass is 166 g/mol. The van der Waals surface area contributed by atoms with Gasteiger partial charge in [0.2, 0.25) is 0 Å². The molecule has 0 aliphatic carbocycles. The molecular formula is C7H11BN2O2. The Balaban J connectivity index is 2.54. The van der Waals surface area contributed by atoms with Crippen LogP contribution in [0.3, 0.4) is 0 Å². The maximum absolute atomic E-state index is 11.2. The van der Waals surface area contributed by atoms with Crippen LogP contribution in [0.2, 0.25) is 0 Å². The molecule has 1 aliphatic heterocycles. The predicted octanol–water partition coefficient (Wildman–Crippen LogP) is -0.409. The van der Waals surface area contributed by atoms with E-state index in [0.29, 0.717) is 6.61 Å². The Morgan fingerprint density at radius 1 is 1.83 bits per heavy atom. The van der Waals surface area contributed by atoms with Crippen LogP contribution >= 0.6 is 0 Å². The molecule has 0 saturated heterocycles. The number of rotatable bonds is 2. The minimum Gasteiger partial charge on any atom is -0.465 e. The van der Waals surface area contributed by atoms with Gasteiger partial charge in [0.25, 0.3) is 0 Å². The van der Waals surface area contributed by atoms with Gasteiger partial charge in [0, 0.05) is 19.2 Å². The molecule has 64 valence electrons. The summed E-state index contributed by atoms with van der Waals surface area (Å²) < 4.78 is 4.81. The first kappa shape index (κ1) is 9.10. The Kier molecular flexibility index (Phi) is 2.73. The quantitative estimate of drug-likeness (QED) is 0.413. The van der Waals surface area contributed by atoms with Gasteiger partial charge in [0.15, 0.2) is 0 Å². The molecule has 0 fully saturated rings. The molecule has 0 amide bonds. The molecule has 5 heteroatoms. The van der Waals surface area contributed by atoms with Crippen LogP contribution in [0.5, 0.6) is 0 Å². The molecule has 1 heterocycles. The van der Waals surface area contributed by atoms with Crippen LogP contribution in [-0.4, -0.2) is 44.6 Å². The topological polar surface area (TPSA) is 41.9 Å². The summed E-state index contributed by atoms with van der Waals surface area (Å²) in [5, 5.41) is 5.43. The standard InChI is InChI=1S/C7H11BN2O2/c1-3-12-7(11)5-4-9-10(2)6(5)8/h4-6H,3H2,1-2H3. The molecule has 0 aromatic carbocycles. The van der Waals surface area contributed by atoms with E-state index in [2.05, 4.69) is 5.10 Å². The van der Waals surface area contributed by atoms with Crippen molar-refractivity contribution in [3.8, 4) is 0 Å². The summed E-state index contributed by atoms with van der Waals surface area (Å²) in [5.41, 5.74) is 0. The van der Waals surface area contributed by atoms with Crippen LogP contribution in [0.4, 0.5) is 0 Å². The van der Waals surface area contributed by atoms with E-state index in [4.69, 9.17) is 12.6 Å². The van der Waals surface area contributed by atoms with E-state index in [1.807, 2.05) is 0 Å². The number of hydrogen-bond acceptors (Lipinski definition) is 4. The number of carbonyl (C=O) groups is 1. The number of carbonyl (C=O) groups excluding carboxylic acids is 1. The number of esters is 1. The molecule has 0 aromatic rings. The lowest BCUT2D eigenvalue weighted by molar-refractivity contribution is -0.145. The first-order valence-electron chi connectivity index (χ1n) is 3.86. The van der Waals surface area contributed by atoms with Crippen LogP contribution in [-0.2, 0) is 9.53 Å². The van der Waals surface area contributed by atoms with E-state index in [0.717, 1.165) is 0 Å². The molecule has 0 bridgehead atoms. The van der Waals surface area contributed by atoms with Crippen LogP contribution in [0, 0.1) is 5.92 Å². The smallest absolute Gasteiger partial charge is 0.315 e. The Labute approximate surface area is 73.0 Å². The maximum atomic E-state index is 11.2.